The maximum atomic E-state index is 12.4. The van der Waals surface area contributed by atoms with Crippen LogP contribution in [-0.4, -0.2) is 15.4 Å². The Morgan fingerprint density at radius 3 is 2.96 bits per heavy atom. The monoisotopic (exact) mass is 472 g/mol. The summed E-state index contributed by atoms with van der Waals surface area (Å²) in [6, 6.07) is 9.64. The molecule has 126 valence electrons. The molecular weight excluding hydrogens is 457 g/mol. The standard InChI is InChI=1S/C15H15IN5OS2/c17-8-16-21-13-7-19-15(24-13)14(22)20-11-6-9(3-4-10(11)18)12-2-1-5-23-12/h1-7,21H,8,17-18H2,(H,20,22)/q-1. The second-order valence-electron chi connectivity index (χ2n) is 4.65. The molecule has 1 amide bonds. The summed E-state index contributed by atoms with van der Waals surface area (Å²) >= 11 is 2.65. The van der Waals surface area contributed by atoms with E-state index in [9.17, 15) is 4.79 Å². The van der Waals surface area contributed by atoms with Crippen LogP contribution in [0.15, 0.2) is 41.9 Å². The number of rotatable bonds is 6. The van der Waals surface area contributed by atoms with Crippen LogP contribution in [0.5, 0.6) is 0 Å². The minimum atomic E-state index is -0.290. The van der Waals surface area contributed by atoms with Crippen molar-refractivity contribution in [2.24, 2.45) is 5.73 Å². The number of halogens is 1. The Morgan fingerprint density at radius 2 is 2.21 bits per heavy atom. The van der Waals surface area contributed by atoms with E-state index in [2.05, 4.69) is 13.8 Å². The number of anilines is 3. The molecule has 1 aromatic carbocycles. The molecule has 0 saturated carbocycles. The molecule has 9 heteroatoms. The van der Waals surface area contributed by atoms with Crippen molar-refractivity contribution in [3.63, 3.8) is 0 Å². The number of hydrogen-bond acceptors (Lipinski definition) is 7. The van der Waals surface area contributed by atoms with E-state index in [4.69, 9.17) is 11.5 Å². The molecule has 0 aliphatic carbocycles. The third-order valence-corrected chi connectivity index (χ3v) is 6.64. The fourth-order valence-electron chi connectivity index (χ4n) is 1.96. The van der Waals surface area contributed by atoms with Crippen LogP contribution in [0, 0.1) is 0 Å². The van der Waals surface area contributed by atoms with Gasteiger partial charge in [-0.2, -0.15) is 0 Å². The fourth-order valence-corrected chi connectivity index (χ4v) is 4.72. The van der Waals surface area contributed by atoms with Gasteiger partial charge in [-0.05, 0) is 0 Å². The Hall–Kier alpha value is -1.69. The molecule has 0 saturated heterocycles. The summed E-state index contributed by atoms with van der Waals surface area (Å²) in [5.74, 6) is -0.269. The van der Waals surface area contributed by atoms with Crippen LogP contribution in [0.1, 0.15) is 9.80 Å². The Balaban J connectivity index is 1.76. The van der Waals surface area contributed by atoms with Gasteiger partial charge in [0, 0.05) is 0 Å². The summed E-state index contributed by atoms with van der Waals surface area (Å²) in [5, 5.41) is 6.10. The molecule has 6 N–H and O–H groups in total. The molecule has 0 spiro atoms. The second kappa shape index (κ2) is 7.92. The van der Waals surface area contributed by atoms with E-state index in [1.54, 1.807) is 23.6 Å². The topological polar surface area (TPSA) is 106 Å². The zero-order valence-electron chi connectivity index (χ0n) is 12.5. The zero-order valence-corrected chi connectivity index (χ0v) is 16.2. The third kappa shape index (κ3) is 4.04. The fraction of sp³-hybridized carbons (Fsp3) is 0.0667. The first kappa shape index (κ1) is 17.1. The van der Waals surface area contributed by atoms with E-state index >= 15 is 0 Å². The molecule has 6 nitrogen and oxygen atoms in total. The summed E-state index contributed by atoms with van der Waals surface area (Å²) in [5.41, 5.74) is 13.6. The number of carbonyl (C=O) groups excluding carboxylic acids is 1. The van der Waals surface area contributed by atoms with Crippen LogP contribution < -0.4 is 41.8 Å². The summed E-state index contributed by atoms with van der Waals surface area (Å²) in [6.07, 6.45) is 1.65. The number of thiophene rings is 1. The molecular formula is C15H15IN5OS2-. The average molecular weight is 472 g/mol. The number of hydrogen-bond donors (Lipinski definition) is 4. The molecule has 2 aromatic heterocycles. The van der Waals surface area contributed by atoms with Gasteiger partial charge < -0.3 is 0 Å². The molecule has 0 aliphatic rings. The Kier molecular flexibility index (Phi) is 5.66. The van der Waals surface area contributed by atoms with E-state index in [0.29, 0.717) is 20.9 Å². The van der Waals surface area contributed by atoms with Crippen LogP contribution in [0.2, 0.25) is 0 Å². The van der Waals surface area contributed by atoms with E-state index in [0.717, 1.165) is 15.4 Å². The summed E-state index contributed by atoms with van der Waals surface area (Å²) in [7, 11) is 0. The number of benzene rings is 1. The van der Waals surface area contributed by atoms with Gasteiger partial charge in [-0.3, -0.25) is 0 Å². The maximum absolute atomic E-state index is 12.4. The van der Waals surface area contributed by atoms with Crippen molar-refractivity contribution in [2.75, 3.05) is 19.1 Å². The van der Waals surface area contributed by atoms with Gasteiger partial charge >= 0.3 is 158 Å². The van der Waals surface area contributed by atoms with Gasteiger partial charge in [0.2, 0.25) is 0 Å². The Labute approximate surface area is 157 Å². The van der Waals surface area contributed by atoms with Crippen molar-refractivity contribution < 1.29 is 26.3 Å². The SMILES string of the molecule is NC[I-]Nc1cnc(C(=O)Nc2cc(-c3cccs3)ccc2N)s1. The van der Waals surface area contributed by atoms with E-state index < -0.39 is 0 Å². The molecule has 0 radical (unpaired) electrons. The number of nitrogens with one attached hydrogen (secondary N) is 2. The average Bonchev–Trinajstić information content (AvgIpc) is 3.26. The van der Waals surface area contributed by atoms with Gasteiger partial charge in [-0.15, -0.1) is 0 Å². The molecule has 0 aliphatic heterocycles. The summed E-state index contributed by atoms with van der Waals surface area (Å²) in [4.78, 5) is 17.7. The van der Waals surface area contributed by atoms with E-state index in [1.165, 1.54) is 11.3 Å². The summed E-state index contributed by atoms with van der Waals surface area (Å²) < 4.78 is 3.84. The predicted molar refractivity (Wildman–Crippen MR) is 96.9 cm³/mol. The van der Waals surface area contributed by atoms with Gasteiger partial charge in [-0.25, -0.2) is 0 Å². The van der Waals surface area contributed by atoms with Gasteiger partial charge in [0.15, 0.2) is 0 Å². The quantitative estimate of drug-likeness (QED) is 0.133. The molecule has 0 unspecified atom stereocenters. The number of thiazole rings is 1. The number of nitrogen functional groups attached to an aromatic ring is 1. The molecule has 0 atom stereocenters. The van der Waals surface area contributed by atoms with Gasteiger partial charge in [0.1, 0.15) is 0 Å². The van der Waals surface area contributed by atoms with Crippen molar-refractivity contribution in [3.8, 4) is 10.4 Å². The van der Waals surface area contributed by atoms with Crippen molar-refractivity contribution in [1.29, 1.82) is 0 Å². The van der Waals surface area contributed by atoms with Crippen molar-refractivity contribution in [3.05, 3.63) is 46.9 Å². The van der Waals surface area contributed by atoms with Crippen LogP contribution in [0.4, 0.5) is 16.4 Å². The van der Waals surface area contributed by atoms with Gasteiger partial charge in [-0.1, -0.05) is 0 Å². The van der Waals surface area contributed by atoms with Crippen molar-refractivity contribution in [1.82, 2.24) is 4.98 Å². The van der Waals surface area contributed by atoms with Crippen LogP contribution in [0.25, 0.3) is 10.4 Å². The number of nitrogens with zero attached hydrogens (tertiary/aromatic N) is 1. The van der Waals surface area contributed by atoms with Crippen LogP contribution in [0.3, 0.4) is 0 Å². The first-order valence-corrected chi connectivity index (χ1v) is 11.2. The third-order valence-electron chi connectivity index (χ3n) is 3.04. The number of alkyl halides is 1. The van der Waals surface area contributed by atoms with E-state index in [-0.39, 0.29) is 27.4 Å². The number of carbonyl (C=O) groups is 1. The number of nitrogens with two attached hydrogens (primary N) is 2. The molecule has 0 fully saturated rings. The number of aromatic nitrogens is 1. The van der Waals surface area contributed by atoms with Crippen molar-refractivity contribution in [2.45, 2.75) is 0 Å². The van der Waals surface area contributed by atoms with E-state index in [1.807, 2.05) is 29.6 Å². The zero-order chi connectivity index (χ0) is 16.9. The normalized spacial score (nSPS) is 10.7. The molecule has 3 rings (SSSR count). The minimum absolute atomic E-state index is 0.269. The van der Waals surface area contributed by atoms with Crippen LogP contribution >= 0.6 is 22.7 Å². The van der Waals surface area contributed by atoms with Crippen LogP contribution in [-0.2, 0) is 0 Å². The molecule has 3 aromatic rings. The van der Waals surface area contributed by atoms with Crippen molar-refractivity contribution >= 4 is 45.0 Å². The van der Waals surface area contributed by atoms with Gasteiger partial charge in [0.05, 0.1) is 0 Å². The Morgan fingerprint density at radius 1 is 1.33 bits per heavy atom. The number of amides is 1. The molecule has 0 bridgehead atoms. The predicted octanol–water partition coefficient (Wildman–Crippen LogP) is 0.0382. The summed E-state index contributed by atoms with van der Waals surface area (Å²) in [6.45, 7) is 0. The first-order chi connectivity index (χ1) is 11.7. The Bertz CT molecular complexity index is 834. The van der Waals surface area contributed by atoms with Gasteiger partial charge in [0.25, 0.3) is 0 Å². The molecule has 2 heterocycles. The first-order valence-electron chi connectivity index (χ1n) is 6.92. The second-order valence-corrected chi connectivity index (χ2v) is 8.81. The molecule has 24 heavy (non-hydrogen) atoms.